The molecule has 4 aromatic rings. The van der Waals surface area contributed by atoms with Crippen molar-refractivity contribution < 1.29 is 18.0 Å². The number of likely N-dealkylation sites (N-methyl/N-ethyl adjacent to an activating group) is 1. The summed E-state index contributed by atoms with van der Waals surface area (Å²) in [5, 5.41) is 2.68. The summed E-state index contributed by atoms with van der Waals surface area (Å²) in [4.78, 5) is 28.1. The molecule has 4 unspecified atom stereocenters. The first-order valence-electron chi connectivity index (χ1n) is 12.5. The summed E-state index contributed by atoms with van der Waals surface area (Å²) in [6.07, 6.45) is 0. The van der Waals surface area contributed by atoms with Gasteiger partial charge in [-0.15, -0.1) is 0 Å². The summed E-state index contributed by atoms with van der Waals surface area (Å²) in [6, 6.07) is 31.4. The Hall–Kier alpha value is -3.59. The normalized spacial score (nSPS) is 21.4. The Morgan fingerprint density at radius 1 is 0.744 bits per heavy atom. The van der Waals surface area contributed by atoms with Crippen molar-refractivity contribution in [1.82, 2.24) is 9.62 Å². The van der Waals surface area contributed by atoms with Crippen LogP contribution in [0.3, 0.4) is 0 Å². The monoisotopic (exact) mass is 602 g/mol. The van der Waals surface area contributed by atoms with E-state index in [1.807, 2.05) is 66.7 Å². The molecule has 1 N–H and O–H groups in total. The maximum absolute atomic E-state index is 14.5. The highest BCUT2D eigenvalue weighted by Gasteiger charge is 2.59. The minimum atomic E-state index is -4.25. The van der Waals surface area contributed by atoms with Gasteiger partial charge in [0.2, 0.25) is 15.9 Å². The van der Waals surface area contributed by atoms with Crippen LogP contribution in [0.1, 0.15) is 33.4 Å². The summed E-state index contributed by atoms with van der Waals surface area (Å²) in [6.45, 7) is 0. The summed E-state index contributed by atoms with van der Waals surface area (Å²) >= 11 is 3.37. The Kier molecular flexibility index (Phi) is 7.79. The van der Waals surface area contributed by atoms with Crippen molar-refractivity contribution in [3.63, 3.8) is 0 Å². The highest BCUT2D eigenvalue weighted by molar-refractivity contribution is 9.10. The van der Waals surface area contributed by atoms with Gasteiger partial charge in [-0.25, -0.2) is 8.42 Å². The lowest BCUT2D eigenvalue weighted by Crippen LogP contribution is -2.47. The van der Waals surface area contributed by atoms with Crippen molar-refractivity contribution in [2.75, 3.05) is 7.05 Å². The fourth-order valence-electron chi connectivity index (χ4n) is 5.51. The molecule has 0 radical (unpaired) electrons. The van der Waals surface area contributed by atoms with Gasteiger partial charge in [-0.1, -0.05) is 107 Å². The van der Waals surface area contributed by atoms with E-state index in [-0.39, 0.29) is 10.7 Å². The lowest BCUT2D eigenvalue weighted by molar-refractivity contribution is -0.124. The molecule has 0 bridgehead atoms. The standard InChI is InChI=1S/C31H27BrN2O4S/c1-33-31(36)29-26(21-11-5-2-6-12-21)27(30(35)23-15-9-4-10-16-23)28(22-13-7-3-8-14-22)34(29)39(37,38)25-19-17-24(32)18-20-25/h2-20,26-29H,1H3,(H,33,36). The molecule has 1 fully saturated rings. The van der Waals surface area contributed by atoms with Crippen molar-refractivity contribution in [3.8, 4) is 0 Å². The van der Waals surface area contributed by atoms with Gasteiger partial charge in [-0.3, -0.25) is 9.59 Å². The van der Waals surface area contributed by atoms with E-state index in [4.69, 9.17) is 0 Å². The number of nitrogens with zero attached hydrogens (tertiary/aromatic N) is 1. The van der Waals surface area contributed by atoms with Gasteiger partial charge < -0.3 is 5.32 Å². The highest BCUT2D eigenvalue weighted by Crippen LogP contribution is 2.53. The Morgan fingerprint density at radius 2 is 1.26 bits per heavy atom. The zero-order chi connectivity index (χ0) is 27.6. The van der Waals surface area contributed by atoms with E-state index in [0.29, 0.717) is 11.1 Å². The van der Waals surface area contributed by atoms with Crippen LogP contribution in [0.5, 0.6) is 0 Å². The van der Waals surface area contributed by atoms with Crippen LogP contribution in [0.25, 0.3) is 0 Å². The summed E-state index contributed by atoms with van der Waals surface area (Å²) in [5.41, 5.74) is 1.82. The number of hydrogen-bond acceptors (Lipinski definition) is 4. The van der Waals surface area contributed by atoms with Crippen LogP contribution in [-0.4, -0.2) is 37.5 Å². The van der Waals surface area contributed by atoms with E-state index < -0.39 is 39.8 Å². The van der Waals surface area contributed by atoms with Gasteiger partial charge in [0.1, 0.15) is 6.04 Å². The summed E-state index contributed by atoms with van der Waals surface area (Å²) in [5.74, 6) is -2.31. The minimum Gasteiger partial charge on any atom is -0.358 e. The van der Waals surface area contributed by atoms with E-state index in [9.17, 15) is 18.0 Å². The average molecular weight is 604 g/mol. The van der Waals surface area contributed by atoms with Crippen molar-refractivity contribution >= 4 is 37.6 Å². The fraction of sp³-hybridized carbons (Fsp3) is 0.161. The highest BCUT2D eigenvalue weighted by atomic mass is 79.9. The predicted octanol–water partition coefficient (Wildman–Crippen LogP) is 5.59. The number of ketones is 1. The number of hydrogen-bond donors (Lipinski definition) is 1. The molecule has 198 valence electrons. The van der Waals surface area contributed by atoms with Crippen LogP contribution < -0.4 is 5.32 Å². The van der Waals surface area contributed by atoms with E-state index >= 15 is 0 Å². The number of halogens is 1. The molecule has 6 nitrogen and oxygen atoms in total. The first kappa shape index (κ1) is 27.0. The Bertz CT molecular complexity index is 1560. The van der Waals surface area contributed by atoms with Gasteiger partial charge in [0.25, 0.3) is 0 Å². The molecule has 0 aliphatic carbocycles. The second kappa shape index (κ2) is 11.3. The van der Waals surface area contributed by atoms with Crippen molar-refractivity contribution in [1.29, 1.82) is 0 Å². The number of sulfonamides is 1. The van der Waals surface area contributed by atoms with Gasteiger partial charge in [0.05, 0.1) is 16.9 Å². The number of rotatable bonds is 7. The molecule has 0 aromatic heterocycles. The first-order valence-corrected chi connectivity index (χ1v) is 14.8. The quantitative estimate of drug-likeness (QED) is 0.279. The van der Waals surface area contributed by atoms with Crippen molar-refractivity contribution in [2.45, 2.75) is 22.9 Å². The topological polar surface area (TPSA) is 83.6 Å². The number of Topliss-reactive ketones (excluding diaryl/α,β-unsaturated/α-hetero) is 1. The zero-order valence-corrected chi connectivity index (χ0v) is 23.5. The molecule has 1 heterocycles. The maximum atomic E-state index is 14.5. The largest absolute Gasteiger partial charge is 0.358 e. The molecular formula is C31H27BrN2O4S. The Balaban J connectivity index is 1.82. The van der Waals surface area contributed by atoms with E-state index in [1.54, 1.807) is 36.4 Å². The minimum absolute atomic E-state index is 0.0418. The lowest BCUT2D eigenvalue weighted by atomic mass is 9.76. The zero-order valence-electron chi connectivity index (χ0n) is 21.1. The van der Waals surface area contributed by atoms with Crippen molar-refractivity contribution in [2.24, 2.45) is 5.92 Å². The third-order valence-corrected chi connectivity index (χ3v) is 9.61. The number of amides is 1. The molecule has 5 rings (SSSR count). The maximum Gasteiger partial charge on any atom is 0.244 e. The van der Waals surface area contributed by atoms with Crippen LogP contribution in [0, 0.1) is 5.92 Å². The molecule has 4 aromatic carbocycles. The van der Waals surface area contributed by atoms with Crippen molar-refractivity contribution in [3.05, 3.63) is 136 Å². The molecule has 1 aliphatic heterocycles. The molecule has 8 heteroatoms. The van der Waals surface area contributed by atoms with Gasteiger partial charge in [-0.05, 0) is 35.4 Å². The SMILES string of the molecule is CNC(=O)C1C(c2ccccc2)C(C(=O)c2ccccc2)C(c2ccccc2)N1S(=O)(=O)c1ccc(Br)cc1. The molecule has 1 saturated heterocycles. The third kappa shape index (κ3) is 5.07. The molecule has 39 heavy (non-hydrogen) atoms. The number of nitrogens with one attached hydrogen (secondary N) is 1. The van der Waals surface area contributed by atoms with Crippen LogP contribution in [-0.2, 0) is 14.8 Å². The fourth-order valence-corrected chi connectivity index (χ4v) is 7.57. The molecule has 0 saturated carbocycles. The second-order valence-electron chi connectivity index (χ2n) is 9.40. The van der Waals surface area contributed by atoms with E-state index in [2.05, 4.69) is 21.2 Å². The third-order valence-electron chi connectivity index (χ3n) is 7.21. The second-order valence-corrected chi connectivity index (χ2v) is 12.2. The number of carbonyl (C=O) groups excluding carboxylic acids is 2. The lowest BCUT2D eigenvalue weighted by Gasteiger charge is -2.30. The molecule has 1 amide bonds. The van der Waals surface area contributed by atoms with Crippen LogP contribution in [0.15, 0.2) is 125 Å². The van der Waals surface area contributed by atoms with Gasteiger partial charge in [0.15, 0.2) is 5.78 Å². The molecule has 0 spiro atoms. The summed E-state index contributed by atoms with van der Waals surface area (Å²) in [7, 11) is -2.76. The van der Waals surface area contributed by atoms with Gasteiger partial charge >= 0.3 is 0 Å². The van der Waals surface area contributed by atoms with Crippen LogP contribution in [0.4, 0.5) is 0 Å². The first-order chi connectivity index (χ1) is 18.8. The predicted molar refractivity (Wildman–Crippen MR) is 154 cm³/mol. The Labute approximate surface area is 236 Å². The number of carbonyl (C=O) groups is 2. The molecule has 4 atom stereocenters. The smallest absolute Gasteiger partial charge is 0.244 e. The van der Waals surface area contributed by atoms with Gasteiger partial charge in [0, 0.05) is 23.0 Å². The van der Waals surface area contributed by atoms with E-state index in [0.717, 1.165) is 10.0 Å². The van der Waals surface area contributed by atoms with Crippen LogP contribution in [0.2, 0.25) is 0 Å². The van der Waals surface area contributed by atoms with E-state index in [1.165, 1.54) is 23.5 Å². The average Bonchev–Trinajstić information content (AvgIpc) is 3.35. The van der Waals surface area contributed by atoms with Gasteiger partial charge in [-0.2, -0.15) is 4.31 Å². The number of benzene rings is 4. The molecule has 1 aliphatic rings. The summed E-state index contributed by atoms with van der Waals surface area (Å²) < 4.78 is 30.9. The Morgan fingerprint density at radius 3 is 1.79 bits per heavy atom. The van der Waals surface area contributed by atoms with Crippen LogP contribution >= 0.6 is 15.9 Å². The molecular weight excluding hydrogens is 576 g/mol.